The standard InChI is InChI=1S/C23H24N4O4/c1-4-30-23(29)17-13-25-27(20(17)14-24-15(2)21-10-7-11-31-21)19-12-22(28)26(3)18-9-6-5-8-16(18)19/h5-13,15,24H,4,14H2,1-3H3. The summed E-state index contributed by atoms with van der Waals surface area (Å²) in [5, 5.41) is 8.67. The van der Waals surface area contributed by atoms with Crippen molar-refractivity contribution in [1.82, 2.24) is 19.7 Å². The van der Waals surface area contributed by atoms with E-state index in [-0.39, 0.29) is 18.2 Å². The highest BCUT2D eigenvalue weighted by molar-refractivity contribution is 5.92. The molecule has 1 atom stereocenters. The summed E-state index contributed by atoms with van der Waals surface area (Å²) in [7, 11) is 1.73. The summed E-state index contributed by atoms with van der Waals surface area (Å²) in [5.41, 5.74) is 2.18. The second kappa shape index (κ2) is 8.61. The van der Waals surface area contributed by atoms with Crippen molar-refractivity contribution < 1.29 is 13.9 Å². The molecule has 0 saturated heterocycles. The van der Waals surface area contributed by atoms with Gasteiger partial charge in [-0.3, -0.25) is 4.79 Å². The molecule has 8 nitrogen and oxygen atoms in total. The van der Waals surface area contributed by atoms with Gasteiger partial charge < -0.3 is 19.0 Å². The van der Waals surface area contributed by atoms with Gasteiger partial charge in [0.15, 0.2) is 0 Å². The van der Waals surface area contributed by atoms with E-state index >= 15 is 0 Å². The van der Waals surface area contributed by atoms with Crippen molar-refractivity contribution in [2.75, 3.05) is 6.61 Å². The lowest BCUT2D eigenvalue weighted by molar-refractivity contribution is 0.0524. The number of furan rings is 1. The van der Waals surface area contributed by atoms with Crippen LogP contribution in [0.5, 0.6) is 0 Å². The van der Waals surface area contributed by atoms with E-state index in [1.54, 1.807) is 29.5 Å². The van der Waals surface area contributed by atoms with Crippen molar-refractivity contribution in [2.24, 2.45) is 7.05 Å². The van der Waals surface area contributed by atoms with Crippen LogP contribution in [0.25, 0.3) is 16.6 Å². The van der Waals surface area contributed by atoms with Gasteiger partial charge in [0.25, 0.3) is 5.56 Å². The largest absolute Gasteiger partial charge is 0.468 e. The third-order valence-electron chi connectivity index (χ3n) is 5.27. The normalized spacial score (nSPS) is 12.2. The zero-order valence-corrected chi connectivity index (χ0v) is 17.7. The van der Waals surface area contributed by atoms with E-state index in [2.05, 4.69) is 10.4 Å². The van der Waals surface area contributed by atoms with E-state index in [1.165, 1.54) is 12.3 Å². The van der Waals surface area contributed by atoms with Crippen LogP contribution in [-0.2, 0) is 18.3 Å². The molecule has 4 aromatic rings. The highest BCUT2D eigenvalue weighted by Gasteiger charge is 2.22. The molecule has 0 amide bonds. The highest BCUT2D eigenvalue weighted by atomic mass is 16.5. The molecule has 4 rings (SSSR count). The van der Waals surface area contributed by atoms with Crippen molar-refractivity contribution >= 4 is 16.9 Å². The number of ether oxygens (including phenoxy) is 1. The van der Waals surface area contributed by atoms with Crippen LogP contribution < -0.4 is 10.9 Å². The van der Waals surface area contributed by atoms with Crippen LogP contribution in [0, 0.1) is 0 Å². The Morgan fingerprint density at radius 3 is 2.81 bits per heavy atom. The Balaban J connectivity index is 1.81. The van der Waals surface area contributed by atoms with E-state index in [1.807, 2.05) is 43.3 Å². The first-order valence-electron chi connectivity index (χ1n) is 10.1. The lowest BCUT2D eigenvalue weighted by atomic mass is 10.1. The lowest BCUT2D eigenvalue weighted by Gasteiger charge is -2.16. The highest BCUT2D eigenvalue weighted by Crippen LogP contribution is 2.24. The minimum Gasteiger partial charge on any atom is -0.468 e. The van der Waals surface area contributed by atoms with Crippen molar-refractivity contribution in [3.05, 3.63) is 82.3 Å². The summed E-state index contributed by atoms with van der Waals surface area (Å²) in [5.74, 6) is 0.326. The van der Waals surface area contributed by atoms with E-state index in [9.17, 15) is 9.59 Å². The first-order valence-corrected chi connectivity index (χ1v) is 10.1. The molecule has 0 aliphatic heterocycles. The molecule has 0 aliphatic carbocycles. The fraction of sp³-hybridized carbons (Fsp3) is 0.261. The number of nitrogens with one attached hydrogen (secondary N) is 1. The van der Waals surface area contributed by atoms with Gasteiger partial charge in [0.2, 0.25) is 0 Å². The van der Waals surface area contributed by atoms with Gasteiger partial charge >= 0.3 is 5.97 Å². The Morgan fingerprint density at radius 1 is 1.26 bits per heavy atom. The number of aryl methyl sites for hydroxylation is 1. The number of hydrogen-bond donors (Lipinski definition) is 1. The number of carbonyl (C=O) groups is 1. The number of para-hydroxylation sites is 1. The lowest BCUT2D eigenvalue weighted by Crippen LogP contribution is -2.23. The minimum absolute atomic E-state index is 0.0891. The van der Waals surface area contributed by atoms with Crippen LogP contribution in [0.2, 0.25) is 0 Å². The third-order valence-corrected chi connectivity index (χ3v) is 5.27. The second-order valence-corrected chi connectivity index (χ2v) is 7.20. The molecule has 0 spiro atoms. The van der Waals surface area contributed by atoms with Crippen LogP contribution in [0.4, 0.5) is 0 Å². The first kappa shape index (κ1) is 20.6. The number of carbonyl (C=O) groups excluding carboxylic acids is 1. The zero-order valence-electron chi connectivity index (χ0n) is 17.7. The summed E-state index contributed by atoms with van der Waals surface area (Å²) in [4.78, 5) is 25.2. The molecule has 0 saturated carbocycles. The molecule has 1 N–H and O–H groups in total. The molecule has 1 aromatic carbocycles. The number of hydrogen-bond acceptors (Lipinski definition) is 6. The molecule has 8 heteroatoms. The smallest absolute Gasteiger partial charge is 0.341 e. The van der Waals surface area contributed by atoms with E-state index in [0.717, 1.165) is 16.7 Å². The van der Waals surface area contributed by atoms with E-state index < -0.39 is 5.97 Å². The van der Waals surface area contributed by atoms with Crippen LogP contribution in [0.1, 0.15) is 41.7 Å². The van der Waals surface area contributed by atoms with Gasteiger partial charge in [-0.05, 0) is 32.0 Å². The predicted octanol–water partition coefficient (Wildman–Crippen LogP) is 3.34. The van der Waals surface area contributed by atoms with Crippen molar-refractivity contribution in [1.29, 1.82) is 0 Å². The van der Waals surface area contributed by atoms with Crippen molar-refractivity contribution in [3.63, 3.8) is 0 Å². The molecule has 0 bridgehead atoms. The van der Waals surface area contributed by atoms with E-state index in [4.69, 9.17) is 9.15 Å². The number of fused-ring (bicyclic) bond motifs is 1. The molecule has 31 heavy (non-hydrogen) atoms. The van der Waals surface area contributed by atoms with Crippen LogP contribution >= 0.6 is 0 Å². The molecule has 3 heterocycles. The topological polar surface area (TPSA) is 91.3 Å². The summed E-state index contributed by atoms with van der Waals surface area (Å²) < 4.78 is 13.9. The fourth-order valence-corrected chi connectivity index (χ4v) is 3.59. The monoisotopic (exact) mass is 420 g/mol. The molecule has 1 unspecified atom stereocenters. The van der Waals surface area contributed by atoms with Crippen LogP contribution in [-0.4, -0.2) is 26.9 Å². The Morgan fingerprint density at radius 2 is 2.06 bits per heavy atom. The summed E-state index contributed by atoms with van der Waals surface area (Å²) in [6.07, 6.45) is 3.10. The van der Waals surface area contributed by atoms with E-state index in [0.29, 0.717) is 23.5 Å². The predicted molar refractivity (Wildman–Crippen MR) is 116 cm³/mol. The molecular formula is C23H24N4O4. The zero-order chi connectivity index (χ0) is 22.0. The SMILES string of the molecule is CCOC(=O)c1cnn(-c2cc(=O)n(C)c3ccccc23)c1CNC(C)c1ccco1. The Labute approximate surface area is 179 Å². The van der Waals surface area contributed by atoms with Crippen LogP contribution in [0.15, 0.2) is 64.1 Å². The summed E-state index contributed by atoms with van der Waals surface area (Å²) in [6.45, 7) is 4.30. The maximum Gasteiger partial charge on any atom is 0.341 e. The first-order chi connectivity index (χ1) is 15.0. The Kier molecular flexibility index (Phi) is 5.73. The molecule has 0 fully saturated rings. The summed E-state index contributed by atoms with van der Waals surface area (Å²) in [6, 6.07) is 12.8. The number of pyridine rings is 1. The van der Waals surface area contributed by atoms with Crippen LogP contribution in [0.3, 0.4) is 0 Å². The molecule has 0 radical (unpaired) electrons. The number of benzene rings is 1. The number of nitrogens with zero attached hydrogens (tertiary/aromatic N) is 3. The minimum atomic E-state index is -0.454. The molecule has 3 aromatic heterocycles. The van der Waals surface area contributed by atoms with Gasteiger partial charge in [-0.1, -0.05) is 18.2 Å². The fourth-order valence-electron chi connectivity index (χ4n) is 3.59. The number of rotatable bonds is 7. The molecule has 0 aliphatic rings. The van der Waals surface area contributed by atoms with Gasteiger partial charge in [0.1, 0.15) is 11.3 Å². The van der Waals surface area contributed by atoms with Crippen molar-refractivity contribution in [2.45, 2.75) is 26.4 Å². The molecular weight excluding hydrogens is 396 g/mol. The summed E-state index contributed by atoms with van der Waals surface area (Å²) >= 11 is 0. The maximum atomic E-state index is 12.6. The molecule has 160 valence electrons. The number of esters is 1. The van der Waals surface area contributed by atoms with Gasteiger partial charge in [0.05, 0.1) is 42.0 Å². The second-order valence-electron chi connectivity index (χ2n) is 7.20. The number of aromatic nitrogens is 3. The van der Waals surface area contributed by atoms with Gasteiger partial charge in [-0.15, -0.1) is 0 Å². The average Bonchev–Trinajstić information content (AvgIpc) is 3.45. The third kappa shape index (κ3) is 3.89. The Bertz CT molecular complexity index is 1270. The van der Waals surface area contributed by atoms with Gasteiger partial charge in [0, 0.05) is 25.0 Å². The Hall–Kier alpha value is -3.65. The van der Waals surface area contributed by atoms with Gasteiger partial charge in [-0.25, -0.2) is 9.48 Å². The quantitative estimate of drug-likeness (QED) is 0.461. The van der Waals surface area contributed by atoms with Crippen molar-refractivity contribution in [3.8, 4) is 5.69 Å². The average molecular weight is 420 g/mol. The van der Waals surface area contributed by atoms with Gasteiger partial charge in [-0.2, -0.15) is 5.10 Å². The maximum absolute atomic E-state index is 12.6.